The zero-order valence-electron chi connectivity index (χ0n) is 10.6. The van der Waals surface area contributed by atoms with E-state index in [1.54, 1.807) is 0 Å². The fraction of sp³-hybridized carbons (Fsp3) is 0.467. The van der Waals surface area contributed by atoms with Crippen molar-refractivity contribution in [1.29, 1.82) is 0 Å². The van der Waals surface area contributed by atoms with Gasteiger partial charge in [0.1, 0.15) is 0 Å². The van der Waals surface area contributed by atoms with Crippen LogP contribution in [0.25, 0.3) is 6.08 Å². The Morgan fingerprint density at radius 2 is 1.67 bits per heavy atom. The van der Waals surface area contributed by atoms with Gasteiger partial charge in [0.2, 0.25) is 0 Å². The lowest BCUT2D eigenvalue weighted by atomic mass is 9.94. The SMILES string of the molecule is CCCC=Cc1c(C)cc(C)c(C)c1C. The Labute approximate surface area is 94.0 Å². The van der Waals surface area contributed by atoms with E-state index in [0.29, 0.717) is 0 Å². The molecule has 0 saturated carbocycles. The molecular formula is C15H22. The molecule has 0 N–H and O–H groups in total. The number of allylic oxidation sites excluding steroid dienone is 1. The predicted molar refractivity (Wildman–Crippen MR) is 69.3 cm³/mol. The first-order chi connectivity index (χ1) is 7.07. The summed E-state index contributed by atoms with van der Waals surface area (Å²) in [6.45, 7) is 11.0. The van der Waals surface area contributed by atoms with E-state index in [1.165, 1.54) is 40.7 Å². The number of aryl methyl sites for hydroxylation is 2. The third kappa shape index (κ3) is 2.71. The second kappa shape index (κ2) is 5.16. The molecule has 15 heavy (non-hydrogen) atoms. The maximum Gasteiger partial charge on any atom is -0.0198 e. The standard InChI is InChI=1S/C15H22/c1-6-7-8-9-15-12(3)10-11(2)13(4)14(15)5/h8-10H,6-7H2,1-5H3. The van der Waals surface area contributed by atoms with E-state index in [4.69, 9.17) is 0 Å². The van der Waals surface area contributed by atoms with Crippen LogP contribution in [0.5, 0.6) is 0 Å². The molecule has 1 rings (SSSR count). The molecule has 0 radical (unpaired) electrons. The average molecular weight is 202 g/mol. The highest BCUT2D eigenvalue weighted by Gasteiger charge is 2.04. The molecule has 0 unspecified atom stereocenters. The molecule has 82 valence electrons. The van der Waals surface area contributed by atoms with Crippen molar-refractivity contribution < 1.29 is 0 Å². The van der Waals surface area contributed by atoms with Crippen LogP contribution in [0.2, 0.25) is 0 Å². The maximum atomic E-state index is 2.29. The zero-order chi connectivity index (χ0) is 11.4. The lowest BCUT2D eigenvalue weighted by Crippen LogP contribution is -1.94. The summed E-state index contributed by atoms with van der Waals surface area (Å²) >= 11 is 0. The van der Waals surface area contributed by atoms with Gasteiger partial charge in [-0.15, -0.1) is 0 Å². The van der Waals surface area contributed by atoms with Crippen LogP contribution in [0.1, 0.15) is 47.6 Å². The maximum absolute atomic E-state index is 2.29. The van der Waals surface area contributed by atoms with Gasteiger partial charge in [-0.3, -0.25) is 0 Å². The molecule has 0 heterocycles. The lowest BCUT2D eigenvalue weighted by molar-refractivity contribution is 0.962. The van der Waals surface area contributed by atoms with E-state index in [1.807, 2.05) is 0 Å². The minimum atomic E-state index is 1.17. The van der Waals surface area contributed by atoms with Crippen molar-refractivity contribution in [1.82, 2.24) is 0 Å². The fourth-order valence-corrected chi connectivity index (χ4v) is 1.93. The monoisotopic (exact) mass is 202 g/mol. The minimum Gasteiger partial charge on any atom is -0.0839 e. The van der Waals surface area contributed by atoms with Crippen molar-refractivity contribution in [3.8, 4) is 0 Å². The number of hydrogen-bond acceptors (Lipinski definition) is 0. The fourth-order valence-electron chi connectivity index (χ4n) is 1.93. The summed E-state index contributed by atoms with van der Waals surface area (Å²) < 4.78 is 0. The topological polar surface area (TPSA) is 0 Å². The van der Waals surface area contributed by atoms with Gasteiger partial charge in [0.15, 0.2) is 0 Å². The van der Waals surface area contributed by atoms with Crippen LogP contribution in [-0.2, 0) is 0 Å². The van der Waals surface area contributed by atoms with Gasteiger partial charge in [-0.05, 0) is 61.9 Å². The first-order valence-corrected chi connectivity index (χ1v) is 5.81. The van der Waals surface area contributed by atoms with E-state index in [9.17, 15) is 0 Å². The van der Waals surface area contributed by atoms with Crippen molar-refractivity contribution in [2.75, 3.05) is 0 Å². The number of rotatable bonds is 3. The Morgan fingerprint density at radius 3 is 2.27 bits per heavy atom. The molecule has 0 amide bonds. The number of unbranched alkanes of at least 4 members (excludes halogenated alkanes) is 1. The van der Waals surface area contributed by atoms with Gasteiger partial charge < -0.3 is 0 Å². The highest BCUT2D eigenvalue weighted by molar-refractivity contribution is 5.60. The third-order valence-corrected chi connectivity index (χ3v) is 3.16. The predicted octanol–water partition coefficient (Wildman–Crippen LogP) is 4.73. The van der Waals surface area contributed by atoms with Gasteiger partial charge in [0, 0.05) is 0 Å². The van der Waals surface area contributed by atoms with E-state index in [2.05, 4.69) is 52.8 Å². The summed E-state index contributed by atoms with van der Waals surface area (Å²) in [7, 11) is 0. The zero-order valence-corrected chi connectivity index (χ0v) is 10.6. The second-order valence-corrected chi connectivity index (χ2v) is 4.37. The van der Waals surface area contributed by atoms with Crippen LogP contribution in [0.3, 0.4) is 0 Å². The Hall–Kier alpha value is -1.04. The van der Waals surface area contributed by atoms with Gasteiger partial charge in [0.05, 0.1) is 0 Å². The van der Waals surface area contributed by atoms with E-state index in [0.717, 1.165) is 0 Å². The molecule has 0 spiro atoms. The molecule has 1 aromatic carbocycles. The van der Waals surface area contributed by atoms with Gasteiger partial charge in [0.25, 0.3) is 0 Å². The summed E-state index contributed by atoms with van der Waals surface area (Å²) in [5.74, 6) is 0. The van der Waals surface area contributed by atoms with E-state index in [-0.39, 0.29) is 0 Å². The largest absolute Gasteiger partial charge is 0.0839 e. The van der Waals surface area contributed by atoms with Crippen LogP contribution >= 0.6 is 0 Å². The molecule has 1 aromatic rings. The van der Waals surface area contributed by atoms with Crippen LogP contribution in [0.15, 0.2) is 12.1 Å². The van der Waals surface area contributed by atoms with E-state index >= 15 is 0 Å². The van der Waals surface area contributed by atoms with Gasteiger partial charge >= 0.3 is 0 Å². The first kappa shape index (κ1) is 12.0. The molecule has 0 aliphatic heterocycles. The van der Waals surface area contributed by atoms with Crippen molar-refractivity contribution in [3.63, 3.8) is 0 Å². The second-order valence-electron chi connectivity index (χ2n) is 4.37. The van der Waals surface area contributed by atoms with Crippen LogP contribution < -0.4 is 0 Å². The molecule has 0 fully saturated rings. The molecule has 0 aliphatic carbocycles. The number of hydrogen-bond donors (Lipinski definition) is 0. The smallest absolute Gasteiger partial charge is 0.0198 e. The van der Waals surface area contributed by atoms with Crippen molar-refractivity contribution in [2.45, 2.75) is 47.5 Å². The van der Waals surface area contributed by atoms with Crippen LogP contribution in [0.4, 0.5) is 0 Å². The van der Waals surface area contributed by atoms with E-state index < -0.39 is 0 Å². The minimum absolute atomic E-state index is 1.17. The summed E-state index contributed by atoms with van der Waals surface area (Å²) in [5.41, 5.74) is 7.06. The third-order valence-electron chi connectivity index (χ3n) is 3.16. The van der Waals surface area contributed by atoms with Crippen LogP contribution in [-0.4, -0.2) is 0 Å². The van der Waals surface area contributed by atoms with Crippen molar-refractivity contribution in [3.05, 3.63) is 40.0 Å². The molecule has 0 aliphatic rings. The Morgan fingerprint density at radius 1 is 1.00 bits per heavy atom. The Kier molecular flexibility index (Phi) is 4.14. The molecular weight excluding hydrogens is 180 g/mol. The quantitative estimate of drug-likeness (QED) is 0.664. The number of benzene rings is 1. The van der Waals surface area contributed by atoms with Gasteiger partial charge in [-0.1, -0.05) is 31.6 Å². The molecule has 0 atom stereocenters. The molecule has 0 saturated heterocycles. The Balaban J connectivity index is 3.12. The lowest BCUT2D eigenvalue weighted by Gasteiger charge is -2.11. The normalized spacial score (nSPS) is 11.3. The summed E-state index contributed by atoms with van der Waals surface area (Å²) in [6, 6.07) is 2.29. The molecule has 0 heteroatoms. The van der Waals surface area contributed by atoms with Crippen molar-refractivity contribution >= 4 is 6.08 Å². The molecule has 0 bridgehead atoms. The Bertz CT molecular complexity index is 370. The molecule has 0 nitrogen and oxygen atoms in total. The highest BCUT2D eigenvalue weighted by Crippen LogP contribution is 2.22. The average Bonchev–Trinajstić information content (AvgIpc) is 2.20. The summed E-state index contributed by atoms with van der Waals surface area (Å²) in [6.07, 6.45) is 6.95. The first-order valence-electron chi connectivity index (χ1n) is 5.81. The van der Waals surface area contributed by atoms with Gasteiger partial charge in [-0.25, -0.2) is 0 Å². The summed E-state index contributed by atoms with van der Waals surface area (Å²) in [4.78, 5) is 0. The van der Waals surface area contributed by atoms with Crippen molar-refractivity contribution in [2.24, 2.45) is 0 Å². The van der Waals surface area contributed by atoms with Crippen LogP contribution in [0, 0.1) is 27.7 Å². The molecule has 0 aromatic heterocycles. The summed E-state index contributed by atoms with van der Waals surface area (Å²) in [5, 5.41) is 0. The van der Waals surface area contributed by atoms with Gasteiger partial charge in [-0.2, -0.15) is 0 Å². The highest BCUT2D eigenvalue weighted by atomic mass is 14.1.